The lowest BCUT2D eigenvalue weighted by atomic mass is 9.94. The molecule has 1 unspecified atom stereocenters. The molecular formula is C32H33NO7. The Kier molecular flexibility index (Phi) is 8.89. The van der Waals surface area contributed by atoms with Gasteiger partial charge in [-0.2, -0.15) is 0 Å². The number of amides is 1. The van der Waals surface area contributed by atoms with Crippen molar-refractivity contribution in [3.8, 4) is 11.5 Å². The Morgan fingerprint density at radius 3 is 2.27 bits per heavy atom. The highest BCUT2D eigenvalue weighted by atomic mass is 16.5. The quantitative estimate of drug-likeness (QED) is 0.155. The third kappa shape index (κ3) is 5.86. The van der Waals surface area contributed by atoms with E-state index in [4.69, 9.17) is 14.2 Å². The number of rotatable bonds is 10. The minimum absolute atomic E-state index is 0.0451. The van der Waals surface area contributed by atoms with E-state index in [2.05, 4.69) is 0 Å². The van der Waals surface area contributed by atoms with Gasteiger partial charge in [0.1, 0.15) is 17.3 Å². The van der Waals surface area contributed by atoms with Gasteiger partial charge >= 0.3 is 5.97 Å². The molecule has 1 N–H and O–H groups in total. The second-order valence-electron chi connectivity index (χ2n) is 9.26. The third-order valence-corrected chi connectivity index (χ3v) is 6.49. The summed E-state index contributed by atoms with van der Waals surface area (Å²) in [6.45, 7) is 8.40. The van der Waals surface area contributed by atoms with Gasteiger partial charge in [-0.05, 0) is 63.1 Å². The third-order valence-electron chi connectivity index (χ3n) is 6.49. The van der Waals surface area contributed by atoms with Gasteiger partial charge in [0.25, 0.3) is 11.7 Å². The number of hydrogen-bond donors (Lipinski definition) is 1. The number of anilines is 1. The largest absolute Gasteiger partial charge is 0.507 e. The molecule has 3 aromatic rings. The Morgan fingerprint density at radius 1 is 0.900 bits per heavy atom. The molecule has 0 aromatic heterocycles. The molecule has 1 saturated heterocycles. The number of carbonyl (C=O) groups excluding carboxylic acids is 3. The van der Waals surface area contributed by atoms with Crippen LogP contribution in [0.1, 0.15) is 49.1 Å². The zero-order valence-corrected chi connectivity index (χ0v) is 23.1. The minimum Gasteiger partial charge on any atom is -0.507 e. The van der Waals surface area contributed by atoms with Crippen LogP contribution in [0.2, 0.25) is 0 Å². The van der Waals surface area contributed by atoms with Crippen LogP contribution in [-0.4, -0.2) is 42.6 Å². The molecule has 0 radical (unpaired) electrons. The van der Waals surface area contributed by atoms with Gasteiger partial charge in [-0.1, -0.05) is 42.0 Å². The SMILES string of the molecule is CCOC(=O)Cc1ccc(N2C(=O)C(=O)/C(=C(\O)c3ccc(OCC)cc3OCC)C2c2cccc(C)c2)cc1. The second kappa shape index (κ2) is 12.5. The molecule has 1 aliphatic heterocycles. The smallest absolute Gasteiger partial charge is 0.310 e. The first-order valence-electron chi connectivity index (χ1n) is 13.3. The fraction of sp³-hybridized carbons (Fsp3) is 0.281. The zero-order valence-electron chi connectivity index (χ0n) is 23.1. The van der Waals surface area contributed by atoms with Crippen LogP contribution in [0.15, 0.2) is 72.3 Å². The first-order valence-corrected chi connectivity index (χ1v) is 13.3. The average Bonchev–Trinajstić information content (AvgIpc) is 3.19. The molecular weight excluding hydrogens is 510 g/mol. The van der Waals surface area contributed by atoms with Crippen LogP contribution in [0.3, 0.4) is 0 Å². The van der Waals surface area contributed by atoms with E-state index in [0.717, 1.165) is 5.56 Å². The summed E-state index contributed by atoms with van der Waals surface area (Å²) in [4.78, 5) is 40.4. The lowest BCUT2D eigenvalue weighted by Crippen LogP contribution is -2.29. The van der Waals surface area contributed by atoms with E-state index in [0.29, 0.717) is 41.5 Å². The normalized spacial score (nSPS) is 16.2. The summed E-state index contributed by atoms with van der Waals surface area (Å²) in [6.07, 6.45) is 0.0895. The van der Waals surface area contributed by atoms with Crippen molar-refractivity contribution in [3.63, 3.8) is 0 Å². The molecule has 1 heterocycles. The van der Waals surface area contributed by atoms with Gasteiger partial charge in [0.15, 0.2) is 0 Å². The van der Waals surface area contributed by atoms with E-state index < -0.39 is 17.7 Å². The van der Waals surface area contributed by atoms with E-state index in [-0.39, 0.29) is 35.9 Å². The number of Topliss-reactive ketones (excluding diaryl/α,β-unsaturated/α-hetero) is 1. The van der Waals surface area contributed by atoms with Crippen molar-refractivity contribution in [1.82, 2.24) is 0 Å². The molecule has 0 spiro atoms. The van der Waals surface area contributed by atoms with Gasteiger partial charge < -0.3 is 19.3 Å². The number of aliphatic hydroxyl groups is 1. The maximum atomic E-state index is 13.6. The van der Waals surface area contributed by atoms with Gasteiger partial charge in [0, 0.05) is 11.8 Å². The highest BCUT2D eigenvalue weighted by molar-refractivity contribution is 6.51. The van der Waals surface area contributed by atoms with Crippen LogP contribution in [0.25, 0.3) is 5.76 Å². The lowest BCUT2D eigenvalue weighted by Gasteiger charge is -2.26. The van der Waals surface area contributed by atoms with E-state index in [1.807, 2.05) is 45.0 Å². The molecule has 8 nitrogen and oxygen atoms in total. The Balaban J connectivity index is 1.85. The van der Waals surface area contributed by atoms with Crippen molar-refractivity contribution in [2.24, 2.45) is 0 Å². The Hall–Kier alpha value is -4.59. The Labute approximate surface area is 233 Å². The highest BCUT2D eigenvalue weighted by Crippen LogP contribution is 2.44. The standard InChI is InChI=1S/C32H33NO7/c1-5-38-24-15-16-25(26(19-24)39-6-2)30(35)28-29(22-10-8-9-20(4)17-22)33(32(37)31(28)36)23-13-11-21(12-14-23)18-27(34)40-7-3/h8-17,19,29,35H,5-7,18H2,1-4H3/b30-28-. The molecule has 40 heavy (non-hydrogen) atoms. The van der Waals surface area contributed by atoms with Gasteiger partial charge in [-0.25, -0.2) is 0 Å². The number of ketones is 1. The Bertz CT molecular complexity index is 1440. The summed E-state index contributed by atoms with van der Waals surface area (Å²) in [7, 11) is 0. The fourth-order valence-electron chi connectivity index (χ4n) is 4.78. The zero-order chi connectivity index (χ0) is 28.8. The van der Waals surface area contributed by atoms with Gasteiger partial charge in [-0.15, -0.1) is 0 Å². The summed E-state index contributed by atoms with van der Waals surface area (Å²) in [6, 6.07) is 18.3. The molecule has 3 aromatic carbocycles. The molecule has 4 rings (SSSR count). The fourth-order valence-corrected chi connectivity index (χ4v) is 4.78. The molecule has 0 aliphatic carbocycles. The van der Waals surface area contributed by atoms with E-state index in [9.17, 15) is 19.5 Å². The molecule has 0 saturated carbocycles. The predicted octanol–water partition coefficient (Wildman–Crippen LogP) is 5.52. The van der Waals surface area contributed by atoms with Crippen LogP contribution < -0.4 is 14.4 Å². The van der Waals surface area contributed by atoms with E-state index >= 15 is 0 Å². The molecule has 8 heteroatoms. The van der Waals surface area contributed by atoms with Crippen LogP contribution >= 0.6 is 0 Å². The first kappa shape index (κ1) is 28.4. The molecule has 0 bridgehead atoms. The predicted molar refractivity (Wildman–Crippen MR) is 152 cm³/mol. The van der Waals surface area contributed by atoms with Crippen molar-refractivity contribution in [2.45, 2.75) is 40.2 Å². The summed E-state index contributed by atoms with van der Waals surface area (Å²) in [5.41, 5.74) is 3.00. The summed E-state index contributed by atoms with van der Waals surface area (Å²) >= 11 is 0. The van der Waals surface area contributed by atoms with Crippen LogP contribution in [0.4, 0.5) is 5.69 Å². The van der Waals surface area contributed by atoms with E-state index in [1.165, 1.54) is 4.90 Å². The number of hydrogen-bond acceptors (Lipinski definition) is 7. The monoisotopic (exact) mass is 543 g/mol. The second-order valence-corrected chi connectivity index (χ2v) is 9.26. The van der Waals surface area contributed by atoms with Crippen molar-refractivity contribution < 1.29 is 33.7 Å². The Morgan fingerprint density at radius 2 is 1.62 bits per heavy atom. The van der Waals surface area contributed by atoms with Gasteiger partial charge in [-0.3, -0.25) is 19.3 Å². The molecule has 1 fully saturated rings. The van der Waals surface area contributed by atoms with Crippen molar-refractivity contribution in [1.29, 1.82) is 0 Å². The summed E-state index contributed by atoms with van der Waals surface area (Å²) in [5.74, 6) is -1.37. The number of esters is 1. The van der Waals surface area contributed by atoms with Gasteiger partial charge in [0.2, 0.25) is 0 Å². The number of carbonyl (C=O) groups is 3. The van der Waals surface area contributed by atoms with Crippen molar-refractivity contribution in [3.05, 3.63) is 94.6 Å². The average molecular weight is 544 g/mol. The number of ether oxygens (including phenoxy) is 3. The minimum atomic E-state index is -0.892. The number of nitrogens with zero attached hydrogens (tertiary/aromatic N) is 1. The van der Waals surface area contributed by atoms with Crippen molar-refractivity contribution >= 4 is 29.1 Å². The van der Waals surface area contributed by atoms with Crippen LogP contribution in [0.5, 0.6) is 11.5 Å². The number of benzene rings is 3. The first-order chi connectivity index (χ1) is 19.3. The number of aryl methyl sites for hydroxylation is 1. The number of aliphatic hydroxyl groups excluding tert-OH is 1. The van der Waals surface area contributed by atoms with E-state index in [1.54, 1.807) is 49.4 Å². The van der Waals surface area contributed by atoms with Crippen LogP contribution in [-0.2, 0) is 25.5 Å². The lowest BCUT2D eigenvalue weighted by molar-refractivity contribution is -0.142. The molecule has 1 amide bonds. The maximum absolute atomic E-state index is 13.6. The summed E-state index contributed by atoms with van der Waals surface area (Å²) < 4.78 is 16.4. The molecule has 208 valence electrons. The molecule has 1 atom stereocenters. The maximum Gasteiger partial charge on any atom is 0.310 e. The highest BCUT2D eigenvalue weighted by Gasteiger charge is 2.47. The molecule has 1 aliphatic rings. The van der Waals surface area contributed by atoms with Crippen molar-refractivity contribution in [2.75, 3.05) is 24.7 Å². The topological polar surface area (TPSA) is 102 Å². The van der Waals surface area contributed by atoms with Crippen LogP contribution in [0, 0.1) is 6.92 Å². The van der Waals surface area contributed by atoms with Gasteiger partial charge in [0.05, 0.1) is 43.4 Å². The summed E-state index contributed by atoms with van der Waals surface area (Å²) in [5, 5.41) is 11.6.